The zero-order chi connectivity index (χ0) is 26.3. The zero-order valence-corrected chi connectivity index (χ0v) is 20.1. The third-order valence-electron chi connectivity index (χ3n) is 4.07. The Kier molecular flexibility index (Phi) is 10.5. The summed E-state index contributed by atoms with van der Waals surface area (Å²) in [6.07, 6.45) is -1.10. The number of ether oxygens (including phenoxy) is 1. The number of hydrogen-bond acceptors (Lipinski definition) is 5. The molecule has 0 unspecified atom stereocenters. The van der Waals surface area contributed by atoms with Crippen LogP contribution in [-0.2, 0) is 33.8 Å². The van der Waals surface area contributed by atoms with Gasteiger partial charge < -0.3 is 9.84 Å². The molecule has 0 atom stereocenters. The van der Waals surface area contributed by atoms with Gasteiger partial charge in [0.15, 0.2) is 0 Å². The number of pyridine rings is 2. The van der Waals surface area contributed by atoms with Crippen LogP contribution in [0.5, 0.6) is 0 Å². The van der Waals surface area contributed by atoms with Gasteiger partial charge in [0.2, 0.25) is 23.8 Å². The Labute approximate surface area is 215 Å². The summed E-state index contributed by atoms with van der Waals surface area (Å²) < 4.78 is 56.9. The summed E-state index contributed by atoms with van der Waals surface area (Å²) in [6, 6.07) is 8.97. The monoisotopic (exact) mass is 572 g/mol. The van der Waals surface area contributed by atoms with Gasteiger partial charge in [-0.25, -0.2) is 0 Å². The zero-order valence-electron chi connectivity index (χ0n) is 17.1. The molecule has 186 valence electrons. The second kappa shape index (κ2) is 12.9. The Morgan fingerprint density at radius 2 is 1.14 bits per heavy atom. The predicted octanol–water partition coefficient (Wildman–Crippen LogP) is 6.25. The van der Waals surface area contributed by atoms with Gasteiger partial charge in [-0.05, 0) is 5.56 Å². The fourth-order valence-electron chi connectivity index (χ4n) is 2.45. The average Bonchev–Trinajstić information content (AvgIpc) is 2.81. The highest BCUT2D eigenvalue weighted by atomic mass is 35.5. The third kappa shape index (κ3) is 7.93. The van der Waals surface area contributed by atoms with Gasteiger partial charge in [-0.1, -0.05) is 76.7 Å². The molecule has 3 rings (SSSR count). The summed E-state index contributed by atoms with van der Waals surface area (Å²) in [5, 5.41) is 6.30. The van der Waals surface area contributed by atoms with E-state index in [2.05, 4.69) is 9.97 Å². The molecule has 1 aromatic carbocycles. The Balaban J connectivity index is 0.000000269. The number of aromatic nitrogens is 2. The van der Waals surface area contributed by atoms with E-state index in [4.69, 9.17) is 56.2 Å². The van der Waals surface area contributed by atoms with Gasteiger partial charge in [0, 0.05) is 11.1 Å². The van der Waals surface area contributed by atoms with E-state index in [0.717, 1.165) is 5.56 Å². The van der Waals surface area contributed by atoms with Crippen LogP contribution in [0.4, 0.5) is 17.6 Å². The van der Waals surface area contributed by atoms with E-state index >= 15 is 0 Å². The van der Waals surface area contributed by atoms with Gasteiger partial charge >= 0.3 is 11.9 Å². The molecule has 0 amide bonds. The van der Waals surface area contributed by atoms with Crippen molar-refractivity contribution in [1.29, 1.82) is 0 Å². The number of nitrogens with zero attached hydrogens (tertiary/aromatic N) is 2. The Bertz CT molecular complexity index is 1200. The Morgan fingerprint density at radius 3 is 1.54 bits per heavy atom. The summed E-state index contributed by atoms with van der Waals surface area (Å²) in [6.45, 7) is 0.0466. The number of carboxylic acids is 1. The van der Waals surface area contributed by atoms with Crippen LogP contribution in [0.2, 0.25) is 20.1 Å². The fraction of sp³-hybridized carbons (Fsp3) is 0.143. The summed E-state index contributed by atoms with van der Waals surface area (Å²) in [7, 11) is 0. The number of esters is 1. The first-order valence-electron chi connectivity index (χ1n) is 9.21. The van der Waals surface area contributed by atoms with E-state index in [-0.39, 0.29) is 17.7 Å². The molecule has 0 bridgehead atoms. The molecule has 14 heteroatoms. The maximum atomic E-state index is 13.2. The second-order valence-electron chi connectivity index (χ2n) is 6.49. The molecule has 6 nitrogen and oxygen atoms in total. The minimum atomic E-state index is -1.29. The quantitative estimate of drug-likeness (QED) is 0.213. The largest absolute Gasteiger partial charge is 0.481 e. The molecule has 35 heavy (non-hydrogen) atoms. The molecule has 0 radical (unpaired) electrons. The first kappa shape index (κ1) is 28.6. The third-order valence-corrected chi connectivity index (χ3v) is 5.60. The van der Waals surface area contributed by atoms with Crippen molar-refractivity contribution in [2.45, 2.75) is 19.4 Å². The average molecular weight is 574 g/mol. The van der Waals surface area contributed by atoms with Crippen molar-refractivity contribution in [1.82, 2.24) is 9.97 Å². The van der Waals surface area contributed by atoms with Crippen LogP contribution in [0.1, 0.15) is 16.7 Å². The van der Waals surface area contributed by atoms with E-state index in [9.17, 15) is 27.2 Å². The van der Waals surface area contributed by atoms with E-state index in [1.54, 1.807) is 24.3 Å². The van der Waals surface area contributed by atoms with Crippen molar-refractivity contribution in [3.05, 3.63) is 90.9 Å². The summed E-state index contributed by atoms with van der Waals surface area (Å²) in [5.74, 6) is -6.98. The lowest BCUT2D eigenvalue weighted by atomic mass is 10.2. The maximum Gasteiger partial charge on any atom is 0.310 e. The molecule has 0 aliphatic heterocycles. The van der Waals surface area contributed by atoms with Gasteiger partial charge in [-0.2, -0.15) is 27.5 Å². The summed E-state index contributed by atoms with van der Waals surface area (Å²) >= 11 is 22.0. The van der Waals surface area contributed by atoms with Crippen molar-refractivity contribution >= 4 is 58.3 Å². The molecule has 0 fully saturated rings. The lowest BCUT2D eigenvalue weighted by molar-refractivity contribution is -0.144. The minimum Gasteiger partial charge on any atom is -0.481 e. The smallest absolute Gasteiger partial charge is 0.310 e. The molecule has 3 aromatic rings. The molecule has 1 N–H and O–H groups in total. The van der Waals surface area contributed by atoms with Crippen LogP contribution >= 0.6 is 46.4 Å². The number of carbonyl (C=O) groups excluding carboxylic acids is 1. The molecule has 0 aliphatic carbocycles. The summed E-state index contributed by atoms with van der Waals surface area (Å²) in [5.41, 5.74) is 0.294. The maximum absolute atomic E-state index is 13.2. The van der Waals surface area contributed by atoms with Crippen LogP contribution in [0.25, 0.3) is 0 Å². The molecule has 2 heterocycles. The van der Waals surface area contributed by atoms with Gasteiger partial charge in [0.25, 0.3) is 0 Å². The highest BCUT2D eigenvalue weighted by molar-refractivity contribution is 6.36. The van der Waals surface area contributed by atoms with E-state index in [1.807, 2.05) is 6.07 Å². The van der Waals surface area contributed by atoms with Crippen LogP contribution in [0, 0.1) is 23.8 Å². The van der Waals surface area contributed by atoms with Crippen molar-refractivity contribution in [3.63, 3.8) is 0 Å². The van der Waals surface area contributed by atoms with Crippen LogP contribution < -0.4 is 0 Å². The van der Waals surface area contributed by atoms with Crippen LogP contribution in [0.15, 0.2) is 30.3 Å². The number of rotatable bonds is 6. The highest BCUT2D eigenvalue weighted by Gasteiger charge is 2.21. The molecule has 0 aliphatic rings. The van der Waals surface area contributed by atoms with Crippen LogP contribution in [0.3, 0.4) is 0 Å². The number of carboxylic acid groups (broad SMARTS) is 1. The Hall–Kier alpha value is -2.66. The van der Waals surface area contributed by atoms with Crippen molar-refractivity contribution in [3.8, 4) is 0 Å². The highest BCUT2D eigenvalue weighted by Crippen LogP contribution is 2.29. The van der Waals surface area contributed by atoms with Crippen molar-refractivity contribution in [2.24, 2.45) is 0 Å². The fourth-order valence-corrected chi connectivity index (χ4v) is 3.37. The number of halogens is 8. The van der Waals surface area contributed by atoms with E-state index in [1.165, 1.54) is 0 Å². The molecule has 0 saturated carbocycles. The summed E-state index contributed by atoms with van der Waals surface area (Å²) in [4.78, 5) is 27.7. The van der Waals surface area contributed by atoms with Gasteiger partial charge in [-0.3, -0.25) is 9.59 Å². The number of hydrogen-bond donors (Lipinski definition) is 1. The number of carbonyl (C=O) groups is 2. The minimum absolute atomic E-state index is 0.0466. The first-order valence-corrected chi connectivity index (χ1v) is 10.7. The van der Waals surface area contributed by atoms with E-state index < -0.39 is 68.7 Å². The predicted molar refractivity (Wildman–Crippen MR) is 120 cm³/mol. The molecule has 0 spiro atoms. The molecule has 0 saturated heterocycles. The topological polar surface area (TPSA) is 89.4 Å². The SMILES string of the molecule is O=C(Cc1c(Cl)c(F)nc(F)c1Cl)OCc1ccccc1.O=C(O)Cc1c(Cl)c(F)nc(F)c1Cl. The van der Waals surface area contributed by atoms with Gasteiger partial charge in [0.1, 0.15) is 26.7 Å². The molecular weight excluding hydrogens is 562 g/mol. The van der Waals surface area contributed by atoms with Crippen molar-refractivity contribution < 1.29 is 37.0 Å². The van der Waals surface area contributed by atoms with Crippen molar-refractivity contribution in [2.75, 3.05) is 0 Å². The lowest BCUT2D eigenvalue weighted by Gasteiger charge is -2.08. The molecule has 2 aromatic heterocycles. The second-order valence-corrected chi connectivity index (χ2v) is 8.01. The Morgan fingerprint density at radius 1 is 0.743 bits per heavy atom. The normalized spacial score (nSPS) is 10.4. The first-order chi connectivity index (χ1) is 16.4. The van der Waals surface area contributed by atoms with Crippen LogP contribution in [-0.4, -0.2) is 27.0 Å². The number of aliphatic carboxylic acids is 1. The standard InChI is InChI=1S/C14H9Cl2F2NO2.C7H3Cl2F2NO2/c15-11-9(12(16)14(18)19-13(11)17)6-10(20)21-7-8-4-2-1-3-5-8;8-4-2(1-3(13)14)5(9)7(11)12-6(4)10/h1-5H,6-7H2;1H2,(H,13,14). The number of benzene rings is 1. The van der Waals surface area contributed by atoms with E-state index in [0.29, 0.717) is 0 Å². The van der Waals surface area contributed by atoms with Gasteiger partial charge in [-0.15, -0.1) is 0 Å². The lowest BCUT2D eigenvalue weighted by Crippen LogP contribution is -2.10. The van der Waals surface area contributed by atoms with Gasteiger partial charge in [0.05, 0.1) is 12.8 Å². The molecular formula is C21H12Cl4F4N2O4.